The molecule has 0 radical (unpaired) electrons. The molecular formula is C20H23NO2. The Bertz CT molecular complexity index is 639. The number of nitriles is 1. The standard InChI is InChI=1S/C20H23NO2/c1-16(2)6-4-7-17(3)13-15-23-20(22)19-11-9-18(10-12-19)8-5-14-21/h5-6,8-13H,4,7,15H2,1-3H3/b8-5+,17-13-. The van der Waals surface area contributed by atoms with E-state index in [9.17, 15) is 4.79 Å². The van der Waals surface area contributed by atoms with Gasteiger partial charge in [-0.15, -0.1) is 0 Å². The van der Waals surface area contributed by atoms with Gasteiger partial charge in [0.2, 0.25) is 0 Å². The van der Waals surface area contributed by atoms with Crippen LogP contribution >= 0.6 is 0 Å². The van der Waals surface area contributed by atoms with Crippen LogP contribution in [0.15, 0.2) is 53.6 Å². The molecule has 0 unspecified atom stereocenters. The van der Waals surface area contributed by atoms with Crippen LogP contribution in [0.25, 0.3) is 6.08 Å². The Morgan fingerprint density at radius 1 is 1.17 bits per heavy atom. The van der Waals surface area contributed by atoms with Gasteiger partial charge >= 0.3 is 5.97 Å². The van der Waals surface area contributed by atoms with E-state index in [1.165, 1.54) is 17.2 Å². The summed E-state index contributed by atoms with van der Waals surface area (Å²) in [7, 11) is 0. The van der Waals surface area contributed by atoms with Crippen LogP contribution in [-0.2, 0) is 4.74 Å². The van der Waals surface area contributed by atoms with Gasteiger partial charge in [-0.1, -0.05) is 29.4 Å². The molecule has 3 heteroatoms. The smallest absolute Gasteiger partial charge is 0.338 e. The van der Waals surface area contributed by atoms with Crippen molar-refractivity contribution in [1.29, 1.82) is 5.26 Å². The summed E-state index contributed by atoms with van der Waals surface area (Å²) in [5.41, 5.74) is 3.91. The Morgan fingerprint density at radius 2 is 1.87 bits per heavy atom. The maximum Gasteiger partial charge on any atom is 0.338 e. The van der Waals surface area contributed by atoms with Crippen molar-refractivity contribution in [2.24, 2.45) is 0 Å². The van der Waals surface area contributed by atoms with Gasteiger partial charge in [0.1, 0.15) is 6.61 Å². The zero-order chi connectivity index (χ0) is 17.1. The van der Waals surface area contributed by atoms with E-state index in [0.717, 1.165) is 18.4 Å². The number of hydrogen-bond donors (Lipinski definition) is 0. The predicted molar refractivity (Wildman–Crippen MR) is 93.8 cm³/mol. The molecular weight excluding hydrogens is 286 g/mol. The van der Waals surface area contributed by atoms with E-state index < -0.39 is 0 Å². The quantitative estimate of drug-likeness (QED) is 0.401. The molecule has 0 bridgehead atoms. The Hall–Kier alpha value is -2.60. The largest absolute Gasteiger partial charge is 0.458 e. The molecule has 0 spiro atoms. The topological polar surface area (TPSA) is 50.1 Å². The van der Waals surface area contributed by atoms with Crippen molar-refractivity contribution >= 4 is 12.0 Å². The van der Waals surface area contributed by atoms with E-state index in [1.54, 1.807) is 30.3 Å². The molecule has 0 amide bonds. The number of allylic oxidation sites excluding steroid dienone is 4. The highest BCUT2D eigenvalue weighted by molar-refractivity contribution is 5.89. The number of rotatable bonds is 7. The highest BCUT2D eigenvalue weighted by Gasteiger charge is 2.05. The van der Waals surface area contributed by atoms with Gasteiger partial charge in [0.15, 0.2) is 0 Å². The number of ether oxygens (including phenoxy) is 1. The first-order chi connectivity index (χ1) is 11.0. The summed E-state index contributed by atoms with van der Waals surface area (Å²) >= 11 is 0. The fourth-order valence-corrected chi connectivity index (χ4v) is 1.90. The maximum atomic E-state index is 11.9. The summed E-state index contributed by atoms with van der Waals surface area (Å²) in [5, 5.41) is 8.47. The molecule has 0 aromatic heterocycles. The van der Waals surface area contributed by atoms with Crippen LogP contribution < -0.4 is 0 Å². The Balaban J connectivity index is 2.46. The molecule has 120 valence electrons. The van der Waals surface area contributed by atoms with Gasteiger partial charge in [-0.2, -0.15) is 5.26 Å². The Kier molecular flexibility index (Phi) is 8.17. The molecule has 0 heterocycles. The van der Waals surface area contributed by atoms with E-state index in [1.807, 2.05) is 19.1 Å². The molecule has 0 fully saturated rings. The van der Waals surface area contributed by atoms with E-state index in [2.05, 4.69) is 19.9 Å². The van der Waals surface area contributed by atoms with Gasteiger partial charge in [-0.3, -0.25) is 0 Å². The minimum Gasteiger partial charge on any atom is -0.458 e. The summed E-state index contributed by atoms with van der Waals surface area (Å²) in [6.07, 6.45) is 9.22. The highest BCUT2D eigenvalue weighted by Crippen LogP contribution is 2.09. The zero-order valence-corrected chi connectivity index (χ0v) is 14.0. The average Bonchev–Trinajstić information content (AvgIpc) is 2.53. The highest BCUT2D eigenvalue weighted by atomic mass is 16.5. The minimum atomic E-state index is -0.339. The van der Waals surface area contributed by atoms with E-state index in [4.69, 9.17) is 10.00 Å². The van der Waals surface area contributed by atoms with Crippen LogP contribution in [-0.4, -0.2) is 12.6 Å². The lowest BCUT2D eigenvalue weighted by molar-refractivity contribution is 0.0549. The van der Waals surface area contributed by atoms with Crippen LogP contribution in [0.3, 0.4) is 0 Å². The van der Waals surface area contributed by atoms with Crippen molar-refractivity contribution in [2.75, 3.05) is 6.61 Å². The molecule has 1 aromatic carbocycles. The molecule has 3 nitrogen and oxygen atoms in total. The minimum absolute atomic E-state index is 0.287. The van der Waals surface area contributed by atoms with Crippen LogP contribution in [0.4, 0.5) is 0 Å². The van der Waals surface area contributed by atoms with E-state index >= 15 is 0 Å². The van der Waals surface area contributed by atoms with Crippen molar-refractivity contribution in [3.05, 3.63) is 64.8 Å². The van der Waals surface area contributed by atoms with Gasteiger partial charge < -0.3 is 4.74 Å². The number of benzene rings is 1. The van der Waals surface area contributed by atoms with Crippen molar-refractivity contribution in [2.45, 2.75) is 33.6 Å². The first kappa shape index (κ1) is 18.4. The molecule has 0 saturated heterocycles. The molecule has 0 atom stereocenters. The molecule has 0 aliphatic rings. The molecule has 0 N–H and O–H groups in total. The van der Waals surface area contributed by atoms with Crippen molar-refractivity contribution in [3.8, 4) is 6.07 Å². The SMILES string of the molecule is CC(C)=CCC/C(C)=C\COC(=O)c1ccc(/C=C/C#N)cc1. The van der Waals surface area contributed by atoms with Gasteiger partial charge in [0.05, 0.1) is 11.6 Å². The van der Waals surface area contributed by atoms with Gasteiger partial charge in [-0.05, 0) is 63.5 Å². The third-order valence-corrected chi connectivity index (χ3v) is 3.23. The lowest BCUT2D eigenvalue weighted by Gasteiger charge is -2.04. The third-order valence-electron chi connectivity index (χ3n) is 3.23. The lowest BCUT2D eigenvalue weighted by atomic mass is 10.1. The molecule has 1 aromatic rings. The van der Waals surface area contributed by atoms with Crippen LogP contribution in [0.2, 0.25) is 0 Å². The van der Waals surface area contributed by atoms with E-state index in [-0.39, 0.29) is 12.6 Å². The van der Waals surface area contributed by atoms with Gasteiger partial charge in [0.25, 0.3) is 0 Å². The molecule has 0 aliphatic heterocycles. The second-order valence-corrected chi connectivity index (χ2v) is 5.55. The number of nitrogens with zero attached hydrogens (tertiary/aromatic N) is 1. The van der Waals surface area contributed by atoms with Crippen LogP contribution in [0.1, 0.15) is 49.5 Å². The Morgan fingerprint density at radius 3 is 2.48 bits per heavy atom. The van der Waals surface area contributed by atoms with Crippen molar-refractivity contribution < 1.29 is 9.53 Å². The monoisotopic (exact) mass is 309 g/mol. The molecule has 1 rings (SSSR count). The number of esters is 1. The van der Waals surface area contributed by atoms with Crippen molar-refractivity contribution in [3.63, 3.8) is 0 Å². The summed E-state index contributed by atoms with van der Waals surface area (Å²) in [4.78, 5) is 11.9. The first-order valence-electron chi connectivity index (χ1n) is 7.65. The van der Waals surface area contributed by atoms with Crippen LogP contribution in [0, 0.1) is 11.3 Å². The average molecular weight is 309 g/mol. The molecule has 23 heavy (non-hydrogen) atoms. The fraction of sp³-hybridized carbons (Fsp3) is 0.300. The molecule has 0 aliphatic carbocycles. The summed E-state index contributed by atoms with van der Waals surface area (Å²) < 4.78 is 5.25. The van der Waals surface area contributed by atoms with Gasteiger partial charge in [-0.25, -0.2) is 4.79 Å². The lowest BCUT2D eigenvalue weighted by Crippen LogP contribution is -2.05. The first-order valence-corrected chi connectivity index (χ1v) is 7.65. The fourth-order valence-electron chi connectivity index (χ4n) is 1.90. The summed E-state index contributed by atoms with van der Waals surface area (Å²) in [6, 6.07) is 8.89. The van der Waals surface area contributed by atoms with Crippen LogP contribution in [0.5, 0.6) is 0 Å². The molecule has 0 saturated carbocycles. The second-order valence-electron chi connectivity index (χ2n) is 5.55. The third kappa shape index (κ3) is 7.82. The predicted octanol–water partition coefficient (Wildman–Crippen LogP) is 5.07. The van der Waals surface area contributed by atoms with Gasteiger partial charge in [0, 0.05) is 6.08 Å². The zero-order valence-electron chi connectivity index (χ0n) is 14.0. The normalized spacial score (nSPS) is 11.1. The number of carbonyl (C=O) groups excluding carboxylic acids is 1. The second kappa shape index (κ2) is 10.2. The van der Waals surface area contributed by atoms with E-state index in [0.29, 0.717) is 5.56 Å². The maximum absolute atomic E-state index is 11.9. The Labute approximate surface area is 138 Å². The summed E-state index contributed by atoms with van der Waals surface area (Å²) in [6.45, 7) is 6.50. The number of carbonyl (C=O) groups is 1. The van der Waals surface area contributed by atoms with Crippen molar-refractivity contribution in [1.82, 2.24) is 0 Å². The summed E-state index contributed by atoms with van der Waals surface area (Å²) in [5.74, 6) is -0.339. The number of hydrogen-bond acceptors (Lipinski definition) is 3.